The highest BCUT2D eigenvalue weighted by Crippen LogP contribution is 2.24. The second-order valence-electron chi connectivity index (χ2n) is 7.57. The molecule has 2 aromatic rings. The van der Waals surface area contributed by atoms with Crippen LogP contribution in [-0.2, 0) is 11.3 Å². The number of nitrogens with one attached hydrogen (secondary N) is 2. The Morgan fingerprint density at radius 2 is 1.59 bits per heavy atom. The molecular formula is C24H32N2O3. The molecule has 3 rings (SSSR count). The van der Waals surface area contributed by atoms with Gasteiger partial charge in [0.25, 0.3) is 5.91 Å². The lowest BCUT2D eigenvalue weighted by atomic mass is 9.96. The highest BCUT2D eigenvalue weighted by molar-refractivity contribution is 5.93. The van der Waals surface area contributed by atoms with Crippen LogP contribution in [0, 0.1) is 0 Å². The number of ether oxygens (including phenoxy) is 2. The Balaban J connectivity index is 1.52. The molecule has 0 saturated heterocycles. The quantitative estimate of drug-likeness (QED) is 0.665. The van der Waals surface area contributed by atoms with Crippen molar-refractivity contribution in [3.8, 4) is 11.5 Å². The maximum absolute atomic E-state index is 12.3. The second kappa shape index (κ2) is 11.5. The van der Waals surface area contributed by atoms with Gasteiger partial charge in [-0.3, -0.25) is 4.79 Å². The Hall–Kier alpha value is -2.53. The SMILES string of the molecule is COc1ccccc1NC(=O)COc1ccccc1CNC1CCCCCCC1. The maximum Gasteiger partial charge on any atom is 0.262 e. The third-order valence-electron chi connectivity index (χ3n) is 5.40. The van der Waals surface area contributed by atoms with Crippen molar-refractivity contribution in [3.63, 3.8) is 0 Å². The van der Waals surface area contributed by atoms with Gasteiger partial charge in [0.05, 0.1) is 12.8 Å². The molecule has 5 nitrogen and oxygen atoms in total. The van der Waals surface area contributed by atoms with Crippen LogP contribution in [0.25, 0.3) is 0 Å². The molecule has 156 valence electrons. The van der Waals surface area contributed by atoms with Crippen LogP contribution in [0.15, 0.2) is 48.5 Å². The monoisotopic (exact) mass is 396 g/mol. The van der Waals surface area contributed by atoms with Gasteiger partial charge in [-0.05, 0) is 31.0 Å². The van der Waals surface area contributed by atoms with Crippen molar-refractivity contribution >= 4 is 11.6 Å². The number of carbonyl (C=O) groups is 1. The normalized spacial score (nSPS) is 15.2. The molecule has 0 spiro atoms. The van der Waals surface area contributed by atoms with Gasteiger partial charge in [0, 0.05) is 18.2 Å². The summed E-state index contributed by atoms with van der Waals surface area (Å²) in [6, 6.07) is 15.8. The van der Waals surface area contributed by atoms with Gasteiger partial charge in [-0.1, -0.05) is 62.4 Å². The summed E-state index contributed by atoms with van der Waals surface area (Å²) in [6.07, 6.45) is 9.16. The predicted octanol–water partition coefficient (Wildman–Crippen LogP) is 4.92. The number of hydrogen-bond donors (Lipinski definition) is 2. The number of carbonyl (C=O) groups excluding carboxylic acids is 1. The fourth-order valence-corrected chi connectivity index (χ4v) is 3.78. The van der Waals surface area contributed by atoms with Crippen LogP contribution in [0.3, 0.4) is 0 Å². The minimum atomic E-state index is -0.211. The third-order valence-corrected chi connectivity index (χ3v) is 5.40. The number of anilines is 1. The van der Waals surface area contributed by atoms with Gasteiger partial charge >= 0.3 is 0 Å². The number of benzene rings is 2. The number of amides is 1. The van der Waals surface area contributed by atoms with E-state index < -0.39 is 0 Å². The van der Waals surface area contributed by atoms with Crippen LogP contribution >= 0.6 is 0 Å². The number of rotatable bonds is 8. The zero-order valence-electron chi connectivity index (χ0n) is 17.3. The Bertz CT molecular complexity index is 770. The lowest BCUT2D eigenvalue weighted by molar-refractivity contribution is -0.118. The molecule has 2 N–H and O–H groups in total. The fourth-order valence-electron chi connectivity index (χ4n) is 3.78. The Morgan fingerprint density at radius 1 is 0.931 bits per heavy atom. The van der Waals surface area contributed by atoms with Crippen LogP contribution in [-0.4, -0.2) is 25.7 Å². The van der Waals surface area contributed by atoms with Crippen LogP contribution in [0.4, 0.5) is 5.69 Å². The lowest BCUT2D eigenvalue weighted by Crippen LogP contribution is -2.29. The topological polar surface area (TPSA) is 59.6 Å². The van der Waals surface area contributed by atoms with Crippen molar-refractivity contribution in [1.29, 1.82) is 0 Å². The van der Waals surface area contributed by atoms with Crippen LogP contribution in [0.2, 0.25) is 0 Å². The van der Waals surface area contributed by atoms with E-state index in [-0.39, 0.29) is 12.5 Å². The highest BCUT2D eigenvalue weighted by Gasteiger charge is 2.13. The van der Waals surface area contributed by atoms with Crippen molar-refractivity contribution in [1.82, 2.24) is 5.32 Å². The summed E-state index contributed by atoms with van der Waals surface area (Å²) in [5.74, 6) is 1.17. The van der Waals surface area contributed by atoms with E-state index in [2.05, 4.69) is 16.7 Å². The van der Waals surface area contributed by atoms with E-state index in [1.165, 1.54) is 44.9 Å². The summed E-state index contributed by atoms with van der Waals surface area (Å²) in [5.41, 5.74) is 1.72. The molecule has 1 fully saturated rings. The molecule has 1 aliphatic rings. The molecule has 1 amide bonds. The van der Waals surface area contributed by atoms with Crippen LogP contribution in [0.1, 0.15) is 50.5 Å². The molecule has 29 heavy (non-hydrogen) atoms. The van der Waals surface area contributed by atoms with E-state index >= 15 is 0 Å². The summed E-state index contributed by atoms with van der Waals surface area (Å²) < 4.78 is 11.1. The van der Waals surface area contributed by atoms with Crippen LogP contribution in [0.5, 0.6) is 11.5 Å². The predicted molar refractivity (Wildman–Crippen MR) is 117 cm³/mol. The molecule has 0 aliphatic heterocycles. The lowest BCUT2D eigenvalue weighted by Gasteiger charge is -2.22. The second-order valence-corrected chi connectivity index (χ2v) is 7.57. The first-order valence-electron chi connectivity index (χ1n) is 10.6. The van der Waals surface area contributed by atoms with Gasteiger partial charge in [-0.25, -0.2) is 0 Å². The molecular weight excluding hydrogens is 364 g/mol. The summed E-state index contributed by atoms with van der Waals surface area (Å²) in [5, 5.41) is 6.53. The smallest absolute Gasteiger partial charge is 0.262 e. The first-order valence-corrected chi connectivity index (χ1v) is 10.6. The zero-order valence-corrected chi connectivity index (χ0v) is 17.3. The Morgan fingerprint density at radius 3 is 2.34 bits per heavy atom. The van der Waals surface area contributed by atoms with E-state index in [9.17, 15) is 4.79 Å². The molecule has 0 heterocycles. The van der Waals surface area contributed by atoms with Crippen molar-refractivity contribution < 1.29 is 14.3 Å². The van der Waals surface area contributed by atoms with Gasteiger partial charge in [-0.2, -0.15) is 0 Å². The van der Waals surface area contributed by atoms with Crippen molar-refractivity contribution in [2.75, 3.05) is 19.0 Å². The zero-order chi connectivity index (χ0) is 20.3. The average Bonchev–Trinajstić information content (AvgIpc) is 2.72. The van der Waals surface area contributed by atoms with Crippen molar-refractivity contribution in [3.05, 3.63) is 54.1 Å². The van der Waals surface area contributed by atoms with Gasteiger partial charge in [-0.15, -0.1) is 0 Å². The average molecular weight is 397 g/mol. The van der Waals surface area contributed by atoms with Gasteiger partial charge in [0.1, 0.15) is 11.5 Å². The van der Waals surface area contributed by atoms with Crippen molar-refractivity contribution in [2.45, 2.75) is 57.5 Å². The number of para-hydroxylation sites is 3. The molecule has 0 radical (unpaired) electrons. The highest BCUT2D eigenvalue weighted by atomic mass is 16.5. The first kappa shape index (κ1) is 21.2. The first-order chi connectivity index (χ1) is 14.3. The standard InChI is InChI=1S/C24H32N2O3/c1-28-23-16-10-8-14-21(23)26-24(27)18-29-22-15-9-7-11-19(22)17-25-20-12-5-3-2-4-6-13-20/h7-11,14-16,20,25H,2-6,12-13,17-18H2,1H3,(H,26,27). The number of hydrogen-bond acceptors (Lipinski definition) is 4. The molecule has 0 bridgehead atoms. The third kappa shape index (κ3) is 6.79. The largest absolute Gasteiger partial charge is 0.495 e. The van der Waals surface area contributed by atoms with E-state index in [1.54, 1.807) is 7.11 Å². The van der Waals surface area contributed by atoms with Gasteiger partial charge in [0.15, 0.2) is 6.61 Å². The van der Waals surface area contributed by atoms with E-state index in [0.717, 1.165) is 17.9 Å². The molecule has 0 aromatic heterocycles. The minimum absolute atomic E-state index is 0.0432. The molecule has 2 aromatic carbocycles. The molecule has 1 saturated carbocycles. The maximum atomic E-state index is 12.3. The minimum Gasteiger partial charge on any atom is -0.495 e. The molecule has 0 unspecified atom stereocenters. The van der Waals surface area contributed by atoms with Crippen LogP contribution < -0.4 is 20.1 Å². The Labute approximate surface area is 173 Å². The summed E-state index contributed by atoms with van der Waals surface area (Å²) in [4.78, 5) is 12.3. The summed E-state index contributed by atoms with van der Waals surface area (Å²) in [7, 11) is 1.58. The van der Waals surface area contributed by atoms with E-state index in [1.807, 2.05) is 42.5 Å². The van der Waals surface area contributed by atoms with Gasteiger partial charge < -0.3 is 20.1 Å². The van der Waals surface area contributed by atoms with E-state index in [4.69, 9.17) is 9.47 Å². The number of methoxy groups -OCH3 is 1. The van der Waals surface area contributed by atoms with Crippen molar-refractivity contribution in [2.24, 2.45) is 0 Å². The van der Waals surface area contributed by atoms with E-state index in [0.29, 0.717) is 17.5 Å². The van der Waals surface area contributed by atoms with Gasteiger partial charge in [0.2, 0.25) is 0 Å². The fraction of sp³-hybridized carbons (Fsp3) is 0.458. The molecule has 5 heteroatoms. The molecule has 0 atom stereocenters. The Kier molecular flexibility index (Phi) is 8.38. The summed E-state index contributed by atoms with van der Waals surface area (Å²) >= 11 is 0. The molecule has 1 aliphatic carbocycles. The summed E-state index contributed by atoms with van der Waals surface area (Å²) in [6.45, 7) is 0.716.